The summed E-state index contributed by atoms with van der Waals surface area (Å²) in [5, 5.41) is 11.6. The van der Waals surface area contributed by atoms with Crippen LogP contribution in [0.2, 0.25) is 0 Å². The fraction of sp³-hybridized carbons (Fsp3) is 0.833. The largest absolute Gasteiger partial charge is 0.352 e. The molecule has 84 valence electrons. The van der Waals surface area contributed by atoms with Crippen molar-refractivity contribution in [1.29, 1.82) is 5.26 Å². The van der Waals surface area contributed by atoms with Gasteiger partial charge in [-0.3, -0.25) is 4.79 Å². The third-order valence-electron chi connectivity index (χ3n) is 3.04. The number of nitrogens with one attached hydrogen (secondary N) is 1. The van der Waals surface area contributed by atoms with Gasteiger partial charge in [-0.2, -0.15) is 5.26 Å². The van der Waals surface area contributed by atoms with Crippen molar-refractivity contribution in [2.24, 2.45) is 5.92 Å². The minimum absolute atomic E-state index is 0.108. The van der Waals surface area contributed by atoms with E-state index >= 15 is 0 Å². The van der Waals surface area contributed by atoms with Crippen LogP contribution in [0.1, 0.15) is 51.9 Å². The lowest BCUT2D eigenvalue weighted by Crippen LogP contribution is -2.38. The van der Waals surface area contributed by atoms with Gasteiger partial charge in [0.1, 0.15) is 5.92 Å². The van der Waals surface area contributed by atoms with Crippen molar-refractivity contribution in [2.45, 2.75) is 57.9 Å². The molecule has 1 aliphatic carbocycles. The summed E-state index contributed by atoms with van der Waals surface area (Å²) < 4.78 is 0. The zero-order valence-electron chi connectivity index (χ0n) is 9.46. The van der Waals surface area contributed by atoms with Gasteiger partial charge in [0.2, 0.25) is 5.91 Å². The summed E-state index contributed by atoms with van der Waals surface area (Å²) in [6.45, 7) is 1.65. The maximum absolute atomic E-state index is 11.5. The van der Waals surface area contributed by atoms with E-state index in [0.29, 0.717) is 6.04 Å². The number of amides is 1. The molecule has 0 spiro atoms. The molecule has 1 fully saturated rings. The van der Waals surface area contributed by atoms with E-state index in [2.05, 4.69) is 5.32 Å². The second-order valence-corrected chi connectivity index (χ2v) is 4.40. The lowest BCUT2D eigenvalue weighted by Gasteiger charge is -2.21. The van der Waals surface area contributed by atoms with E-state index < -0.39 is 5.92 Å². The number of carbonyl (C=O) groups excluding carboxylic acids is 1. The molecule has 0 heterocycles. The van der Waals surface area contributed by atoms with Gasteiger partial charge in [-0.15, -0.1) is 0 Å². The van der Waals surface area contributed by atoms with Crippen molar-refractivity contribution in [3.63, 3.8) is 0 Å². The summed E-state index contributed by atoms with van der Waals surface area (Å²) in [5.41, 5.74) is 0. The highest BCUT2D eigenvalue weighted by Gasteiger charge is 2.17. The summed E-state index contributed by atoms with van der Waals surface area (Å²) >= 11 is 0. The van der Waals surface area contributed by atoms with Crippen LogP contribution in [0.5, 0.6) is 0 Å². The maximum atomic E-state index is 11.5. The Labute approximate surface area is 91.9 Å². The average Bonchev–Trinajstić information content (AvgIpc) is 2.20. The Hall–Kier alpha value is -1.04. The first-order valence-corrected chi connectivity index (χ1v) is 5.94. The SMILES string of the molecule is CC(C#N)C(=O)NC1CCCCCCC1. The van der Waals surface area contributed by atoms with Crippen LogP contribution in [-0.4, -0.2) is 11.9 Å². The second-order valence-electron chi connectivity index (χ2n) is 4.40. The standard InChI is InChI=1S/C12H20N2O/c1-10(9-13)12(15)14-11-7-5-3-2-4-6-8-11/h10-11H,2-8H2,1H3,(H,14,15). The van der Waals surface area contributed by atoms with Gasteiger partial charge in [0.05, 0.1) is 6.07 Å². The van der Waals surface area contributed by atoms with Gasteiger partial charge in [-0.05, 0) is 19.8 Å². The molecule has 0 aromatic heterocycles. The number of rotatable bonds is 2. The van der Waals surface area contributed by atoms with Gasteiger partial charge in [0, 0.05) is 6.04 Å². The molecular formula is C12H20N2O. The lowest BCUT2D eigenvalue weighted by molar-refractivity contribution is -0.123. The Bertz CT molecular complexity index is 236. The van der Waals surface area contributed by atoms with Crippen LogP contribution in [-0.2, 0) is 4.79 Å². The van der Waals surface area contributed by atoms with Crippen LogP contribution in [0.15, 0.2) is 0 Å². The summed E-state index contributed by atoms with van der Waals surface area (Å²) in [7, 11) is 0. The zero-order valence-corrected chi connectivity index (χ0v) is 9.46. The predicted octanol–water partition coefficient (Wildman–Crippen LogP) is 2.38. The summed E-state index contributed by atoms with van der Waals surface area (Å²) in [4.78, 5) is 11.5. The highest BCUT2D eigenvalue weighted by atomic mass is 16.1. The predicted molar refractivity (Wildman–Crippen MR) is 59.0 cm³/mol. The molecule has 3 nitrogen and oxygen atoms in total. The molecule has 0 bridgehead atoms. The Morgan fingerprint density at radius 3 is 2.33 bits per heavy atom. The van der Waals surface area contributed by atoms with Crippen molar-refractivity contribution in [3.05, 3.63) is 0 Å². The molecule has 3 heteroatoms. The molecule has 15 heavy (non-hydrogen) atoms. The molecule has 1 atom stereocenters. The summed E-state index contributed by atoms with van der Waals surface area (Å²) in [6, 6.07) is 2.27. The fourth-order valence-corrected chi connectivity index (χ4v) is 1.99. The topological polar surface area (TPSA) is 52.9 Å². The molecule has 1 unspecified atom stereocenters. The molecule has 1 aliphatic rings. The quantitative estimate of drug-likeness (QED) is 0.757. The van der Waals surface area contributed by atoms with Crippen LogP contribution in [0.3, 0.4) is 0 Å². The smallest absolute Gasteiger partial charge is 0.237 e. The number of nitrogens with zero attached hydrogens (tertiary/aromatic N) is 1. The molecular weight excluding hydrogens is 188 g/mol. The van der Waals surface area contributed by atoms with Gasteiger partial charge in [0.25, 0.3) is 0 Å². The highest BCUT2D eigenvalue weighted by molar-refractivity contribution is 5.80. The van der Waals surface area contributed by atoms with E-state index in [9.17, 15) is 4.79 Å². The van der Waals surface area contributed by atoms with Crippen molar-refractivity contribution < 1.29 is 4.79 Å². The molecule has 1 rings (SSSR count). The Morgan fingerprint density at radius 2 is 1.80 bits per heavy atom. The minimum Gasteiger partial charge on any atom is -0.352 e. The summed E-state index contributed by atoms with van der Waals surface area (Å²) in [6.07, 6.45) is 8.43. The van der Waals surface area contributed by atoms with Gasteiger partial charge in [0.15, 0.2) is 0 Å². The molecule has 0 aliphatic heterocycles. The molecule has 0 saturated heterocycles. The van der Waals surface area contributed by atoms with E-state index in [-0.39, 0.29) is 5.91 Å². The van der Waals surface area contributed by atoms with Crippen LogP contribution in [0.4, 0.5) is 0 Å². The van der Waals surface area contributed by atoms with E-state index in [4.69, 9.17) is 5.26 Å². The normalized spacial score (nSPS) is 20.8. The minimum atomic E-state index is -0.518. The lowest BCUT2D eigenvalue weighted by atomic mass is 9.96. The van der Waals surface area contributed by atoms with Gasteiger partial charge >= 0.3 is 0 Å². The molecule has 0 radical (unpaired) electrons. The fourth-order valence-electron chi connectivity index (χ4n) is 1.99. The Kier molecular flexibility index (Phi) is 5.17. The number of nitriles is 1. The van der Waals surface area contributed by atoms with E-state index in [1.807, 2.05) is 6.07 Å². The van der Waals surface area contributed by atoms with Crippen molar-refractivity contribution in [2.75, 3.05) is 0 Å². The monoisotopic (exact) mass is 208 g/mol. The first-order valence-electron chi connectivity index (χ1n) is 5.94. The number of carbonyl (C=O) groups is 1. The van der Waals surface area contributed by atoms with Gasteiger partial charge in [-0.25, -0.2) is 0 Å². The van der Waals surface area contributed by atoms with Crippen LogP contribution in [0.25, 0.3) is 0 Å². The van der Waals surface area contributed by atoms with E-state index in [1.54, 1.807) is 6.92 Å². The second kappa shape index (κ2) is 6.44. The molecule has 1 saturated carbocycles. The van der Waals surface area contributed by atoms with E-state index in [1.165, 1.54) is 32.1 Å². The van der Waals surface area contributed by atoms with Crippen LogP contribution >= 0.6 is 0 Å². The number of hydrogen-bond donors (Lipinski definition) is 1. The number of hydrogen-bond acceptors (Lipinski definition) is 2. The zero-order chi connectivity index (χ0) is 11.1. The highest BCUT2D eigenvalue weighted by Crippen LogP contribution is 2.17. The van der Waals surface area contributed by atoms with Crippen LogP contribution in [0, 0.1) is 17.2 Å². The Balaban J connectivity index is 2.35. The van der Waals surface area contributed by atoms with Crippen molar-refractivity contribution >= 4 is 5.91 Å². The summed E-state index contributed by atoms with van der Waals surface area (Å²) in [5.74, 6) is -0.626. The molecule has 1 amide bonds. The maximum Gasteiger partial charge on any atom is 0.237 e. The third-order valence-corrected chi connectivity index (χ3v) is 3.04. The first-order chi connectivity index (χ1) is 7.24. The first kappa shape index (κ1) is 12.0. The average molecular weight is 208 g/mol. The van der Waals surface area contributed by atoms with E-state index in [0.717, 1.165) is 12.8 Å². The van der Waals surface area contributed by atoms with Crippen molar-refractivity contribution in [3.8, 4) is 6.07 Å². The van der Waals surface area contributed by atoms with Gasteiger partial charge in [-0.1, -0.05) is 32.1 Å². The molecule has 0 aromatic carbocycles. The molecule has 1 N–H and O–H groups in total. The van der Waals surface area contributed by atoms with Crippen molar-refractivity contribution in [1.82, 2.24) is 5.32 Å². The van der Waals surface area contributed by atoms with Gasteiger partial charge < -0.3 is 5.32 Å². The van der Waals surface area contributed by atoms with Crippen LogP contribution < -0.4 is 5.32 Å². The Morgan fingerprint density at radius 1 is 1.27 bits per heavy atom. The third kappa shape index (κ3) is 4.33. The molecule has 0 aromatic rings.